The van der Waals surface area contributed by atoms with E-state index in [-0.39, 0.29) is 127 Å². The van der Waals surface area contributed by atoms with Gasteiger partial charge in [0.1, 0.15) is 0 Å². The van der Waals surface area contributed by atoms with Gasteiger partial charge in [-0.05, 0) is 0 Å². The van der Waals surface area contributed by atoms with Gasteiger partial charge in [-0.3, -0.25) is 0 Å². The van der Waals surface area contributed by atoms with Crippen LogP contribution in [0.15, 0.2) is 0 Å². The van der Waals surface area contributed by atoms with Crippen molar-refractivity contribution in [3.63, 3.8) is 0 Å². The second kappa shape index (κ2) is 35.2. The van der Waals surface area contributed by atoms with E-state index in [0.29, 0.717) is 10.1 Å². The molecule has 0 heterocycles. The van der Waals surface area contributed by atoms with Crippen molar-refractivity contribution in [2.24, 2.45) is 0 Å². The molecule has 0 aliphatic rings. The summed E-state index contributed by atoms with van der Waals surface area (Å²) in [6, 6.07) is 0. The van der Waals surface area contributed by atoms with Gasteiger partial charge in [0, 0.05) is 109 Å². The van der Waals surface area contributed by atoms with Crippen LogP contribution in [0.25, 0.3) is 0 Å². The number of hydrogen-bond acceptors (Lipinski definition) is 1. The van der Waals surface area contributed by atoms with Crippen molar-refractivity contribution in [3.05, 3.63) is 0 Å². The molecule has 0 fully saturated rings. The second-order valence-corrected chi connectivity index (χ2v) is 0. The zero-order valence-electron chi connectivity index (χ0n) is 2.69. The third-order valence-corrected chi connectivity index (χ3v) is 0. The Morgan fingerprint density at radius 3 is 1.17 bits per heavy atom. The molecular weight excluding hydrogens is 443 g/mol. The second-order valence-electron chi connectivity index (χ2n) is 0. The van der Waals surface area contributed by atoms with Crippen LogP contribution in [-0.2, 0) is 30.7 Å². The van der Waals surface area contributed by atoms with Gasteiger partial charge in [-0.25, -0.2) is 0 Å². The molecule has 0 aromatic rings. The zero-order chi connectivity index (χ0) is 2.00. The van der Waals surface area contributed by atoms with Gasteiger partial charge in [0.05, 0.1) is 0 Å². The van der Waals surface area contributed by atoms with Crippen LogP contribution in [-0.4, -0.2) is 27.5 Å². The molecule has 0 saturated heterocycles. The van der Waals surface area contributed by atoms with E-state index < -0.39 is 0 Å². The maximum absolute atomic E-state index is 8.28. The molecule has 0 aromatic heterocycles. The quantitative estimate of drug-likeness (QED) is 0.384. The molecule has 0 N–H and O–H groups in total. The number of hydrogen-bond donors (Lipinski definition) is 0. The van der Waals surface area contributed by atoms with Crippen molar-refractivity contribution in [2.45, 2.75) is 0 Å². The van der Waals surface area contributed by atoms with Gasteiger partial charge in [-0.2, -0.15) is 0 Å². The first-order chi connectivity index (χ1) is 1.00. The fourth-order valence-corrected chi connectivity index (χ4v) is 0. The first kappa shape index (κ1) is 32.0. The smallest absolute Gasteiger partial charge is 0.245 e. The summed E-state index contributed by atoms with van der Waals surface area (Å²) in [7, 11) is 0.611. The summed E-state index contributed by atoms with van der Waals surface area (Å²) in [5.41, 5.74) is 0. The van der Waals surface area contributed by atoms with Crippen LogP contribution < -0.4 is 0 Å². The first-order valence-corrected chi connectivity index (χ1v) is 0.866. The van der Waals surface area contributed by atoms with Crippen LogP contribution in [0.2, 0.25) is 0 Å². The molecular formula is H5AlCeOPrSiZr. The van der Waals surface area contributed by atoms with Crippen LogP contribution in [0.5, 0.6) is 0 Å². The van der Waals surface area contributed by atoms with Gasteiger partial charge in [0.2, 0.25) is 10.1 Å². The summed E-state index contributed by atoms with van der Waals surface area (Å²) in [6.07, 6.45) is 0. The SMILES string of the molecule is O=[SiH2].[AlH3].[Ce].[Pr].[Zr]. The van der Waals surface area contributed by atoms with E-state index in [4.69, 9.17) is 4.46 Å². The fourth-order valence-electron chi connectivity index (χ4n) is 0. The molecule has 0 bridgehead atoms. The van der Waals surface area contributed by atoms with Crippen molar-refractivity contribution in [3.8, 4) is 0 Å². The van der Waals surface area contributed by atoms with Crippen molar-refractivity contribution >= 4 is 27.5 Å². The number of rotatable bonds is 0. The summed E-state index contributed by atoms with van der Waals surface area (Å²) in [6.45, 7) is 0. The summed E-state index contributed by atoms with van der Waals surface area (Å²) < 4.78 is 8.28. The maximum atomic E-state index is 8.28. The van der Waals surface area contributed by atoms with E-state index in [0.717, 1.165) is 0 Å². The molecule has 0 rings (SSSR count). The minimum absolute atomic E-state index is 0. The summed E-state index contributed by atoms with van der Waals surface area (Å²) >= 11 is 0. The van der Waals surface area contributed by atoms with Crippen LogP contribution in [0, 0.1) is 83.0 Å². The van der Waals surface area contributed by atoms with Crippen molar-refractivity contribution < 1.29 is 114 Å². The van der Waals surface area contributed by atoms with E-state index in [9.17, 15) is 0 Å². The molecule has 0 atom stereocenters. The van der Waals surface area contributed by atoms with Crippen molar-refractivity contribution in [2.75, 3.05) is 0 Å². The Kier molecular flexibility index (Phi) is 188. The molecule has 0 unspecified atom stereocenters. The zero-order valence-corrected chi connectivity index (χ0v) is 13.4. The minimum Gasteiger partial charge on any atom is -0.396 e. The van der Waals surface area contributed by atoms with Crippen molar-refractivity contribution in [1.82, 2.24) is 0 Å². The molecule has 0 amide bonds. The first-order valence-electron chi connectivity index (χ1n) is 0.289. The molecule has 0 aliphatic carbocycles. The van der Waals surface area contributed by atoms with E-state index in [1.54, 1.807) is 0 Å². The Morgan fingerprint density at radius 1 is 1.17 bits per heavy atom. The van der Waals surface area contributed by atoms with Crippen LogP contribution in [0.1, 0.15) is 0 Å². The third-order valence-electron chi connectivity index (χ3n) is 0. The largest absolute Gasteiger partial charge is 0.396 e. The summed E-state index contributed by atoms with van der Waals surface area (Å²) in [5.74, 6) is 0. The van der Waals surface area contributed by atoms with Crippen LogP contribution >= 0.6 is 0 Å². The predicted molar refractivity (Wildman–Crippen MR) is 19.2 cm³/mol. The van der Waals surface area contributed by atoms with Gasteiger partial charge < -0.3 is 4.46 Å². The van der Waals surface area contributed by atoms with Gasteiger partial charge in [-0.1, -0.05) is 0 Å². The Labute approximate surface area is 137 Å². The average molecular weight is 448 g/mol. The monoisotopic (exact) mass is 447 g/mol. The molecule has 0 spiro atoms. The molecule has 0 aromatic carbocycles. The summed E-state index contributed by atoms with van der Waals surface area (Å²) in [5, 5.41) is 0. The fraction of sp³-hybridized carbons (Fsp3) is 0. The van der Waals surface area contributed by atoms with E-state index in [1.807, 2.05) is 0 Å². The van der Waals surface area contributed by atoms with E-state index in [1.165, 1.54) is 0 Å². The molecule has 6 heteroatoms. The Balaban J connectivity index is -0.000000000833. The van der Waals surface area contributed by atoms with Gasteiger partial charge in [0.15, 0.2) is 17.4 Å². The molecule has 0 saturated carbocycles. The third kappa shape index (κ3) is 24.1. The van der Waals surface area contributed by atoms with Crippen LogP contribution in [0.4, 0.5) is 0 Å². The molecule has 29 valence electrons. The van der Waals surface area contributed by atoms with E-state index >= 15 is 0 Å². The normalized spacial score (nSPS) is 0.667. The molecule has 1 radical (unpaired) electrons. The topological polar surface area (TPSA) is 17.1 Å². The predicted octanol–water partition coefficient (Wildman–Crippen LogP) is -2.22. The van der Waals surface area contributed by atoms with Gasteiger partial charge in [-0.15, -0.1) is 0 Å². The molecule has 0 aliphatic heterocycles. The molecule has 1 nitrogen and oxygen atoms in total. The Morgan fingerprint density at radius 2 is 1.17 bits per heavy atom. The van der Waals surface area contributed by atoms with Gasteiger partial charge >= 0.3 is 0 Å². The Bertz CT molecular complexity index is 15.5. The average Bonchev–Trinajstić information content (AvgIpc) is 1.00. The van der Waals surface area contributed by atoms with E-state index in [2.05, 4.69) is 0 Å². The maximum Gasteiger partial charge on any atom is 0.245 e. The molecule has 6 heavy (non-hydrogen) atoms. The standard InChI is InChI=1S/Al.Ce.H2OSi.Pr.Zr.3H/c;;1-2;;;;;/h;;2H2;;;;;. The summed E-state index contributed by atoms with van der Waals surface area (Å²) in [4.78, 5) is 0. The van der Waals surface area contributed by atoms with Crippen molar-refractivity contribution in [1.29, 1.82) is 0 Å². The Hall–Kier alpha value is 4.17. The van der Waals surface area contributed by atoms with Gasteiger partial charge in [0.25, 0.3) is 0 Å². The van der Waals surface area contributed by atoms with Crippen LogP contribution in [0.3, 0.4) is 0 Å². The minimum atomic E-state index is 0.